The van der Waals surface area contributed by atoms with Crippen molar-refractivity contribution in [2.24, 2.45) is 0 Å². The lowest BCUT2D eigenvalue weighted by Gasteiger charge is -2.11. The van der Waals surface area contributed by atoms with E-state index in [-0.39, 0.29) is 6.01 Å². The minimum atomic E-state index is 0.105. The standard InChI is InChI=1S/C12H15N3O/c1-6-5-7(2)9(4)10(8(6)3)11-14-15-12(13)16-11/h5H,1-4H3,(H2,13,15). The Kier molecular flexibility index (Phi) is 2.42. The van der Waals surface area contributed by atoms with Gasteiger partial charge in [0.15, 0.2) is 0 Å². The van der Waals surface area contributed by atoms with Crippen LogP contribution in [0.1, 0.15) is 22.3 Å². The Morgan fingerprint density at radius 2 is 1.56 bits per heavy atom. The van der Waals surface area contributed by atoms with Gasteiger partial charge >= 0.3 is 6.01 Å². The van der Waals surface area contributed by atoms with Gasteiger partial charge < -0.3 is 10.2 Å². The number of aromatic nitrogens is 2. The zero-order valence-corrected chi connectivity index (χ0v) is 9.96. The molecule has 0 aliphatic carbocycles. The molecule has 2 rings (SSSR count). The van der Waals surface area contributed by atoms with Crippen LogP contribution in [-0.2, 0) is 0 Å². The first-order valence-corrected chi connectivity index (χ1v) is 5.17. The van der Waals surface area contributed by atoms with E-state index < -0.39 is 0 Å². The van der Waals surface area contributed by atoms with Gasteiger partial charge in [-0.3, -0.25) is 0 Å². The molecule has 1 aromatic carbocycles. The molecular formula is C12H15N3O. The third kappa shape index (κ3) is 1.56. The number of anilines is 1. The molecule has 0 bridgehead atoms. The first kappa shape index (κ1) is 10.7. The highest BCUT2D eigenvalue weighted by molar-refractivity contribution is 5.67. The van der Waals surface area contributed by atoms with Crippen LogP contribution in [0.3, 0.4) is 0 Å². The second-order valence-electron chi connectivity index (χ2n) is 4.08. The second-order valence-corrected chi connectivity index (χ2v) is 4.08. The number of nitrogen functional groups attached to an aromatic ring is 1. The van der Waals surface area contributed by atoms with Crippen molar-refractivity contribution in [3.63, 3.8) is 0 Å². The summed E-state index contributed by atoms with van der Waals surface area (Å²) in [5, 5.41) is 7.64. The number of nitrogens with two attached hydrogens (primary N) is 1. The number of nitrogens with zero attached hydrogens (tertiary/aromatic N) is 2. The maximum atomic E-state index is 5.45. The molecule has 1 heterocycles. The van der Waals surface area contributed by atoms with Crippen molar-refractivity contribution in [2.75, 3.05) is 5.73 Å². The summed E-state index contributed by atoms with van der Waals surface area (Å²) in [6.45, 7) is 8.25. The highest BCUT2D eigenvalue weighted by atomic mass is 16.4. The summed E-state index contributed by atoms with van der Waals surface area (Å²) in [6.07, 6.45) is 0. The van der Waals surface area contributed by atoms with Gasteiger partial charge in [0.2, 0.25) is 5.89 Å². The SMILES string of the molecule is Cc1cc(C)c(C)c(-c2nnc(N)o2)c1C. The number of benzene rings is 1. The summed E-state index contributed by atoms with van der Waals surface area (Å²) in [6, 6.07) is 2.27. The summed E-state index contributed by atoms with van der Waals surface area (Å²) in [7, 11) is 0. The Morgan fingerprint density at radius 1 is 1.00 bits per heavy atom. The van der Waals surface area contributed by atoms with Crippen LogP contribution in [-0.4, -0.2) is 10.2 Å². The molecule has 0 aliphatic heterocycles. The van der Waals surface area contributed by atoms with Gasteiger partial charge in [-0.1, -0.05) is 11.2 Å². The maximum absolute atomic E-state index is 5.45. The van der Waals surface area contributed by atoms with E-state index in [1.54, 1.807) is 0 Å². The molecule has 0 radical (unpaired) electrons. The first-order valence-electron chi connectivity index (χ1n) is 5.17. The Labute approximate surface area is 94.5 Å². The minimum absolute atomic E-state index is 0.105. The quantitative estimate of drug-likeness (QED) is 0.797. The average molecular weight is 217 g/mol. The summed E-state index contributed by atoms with van der Waals surface area (Å²) in [5.41, 5.74) is 11.2. The topological polar surface area (TPSA) is 64.9 Å². The molecule has 0 saturated carbocycles. The Hall–Kier alpha value is -1.84. The summed E-state index contributed by atoms with van der Waals surface area (Å²) in [4.78, 5) is 0. The van der Waals surface area contributed by atoms with Crippen molar-refractivity contribution in [1.82, 2.24) is 10.2 Å². The largest absolute Gasteiger partial charge is 0.404 e. The van der Waals surface area contributed by atoms with Crippen LogP contribution >= 0.6 is 0 Å². The molecule has 2 aromatic rings. The van der Waals surface area contributed by atoms with Gasteiger partial charge in [-0.15, -0.1) is 5.10 Å². The van der Waals surface area contributed by atoms with Crippen molar-refractivity contribution < 1.29 is 4.42 Å². The summed E-state index contributed by atoms with van der Waals surface area (Å²) >= 11 is 0. The fraction of sp³-hybridized carbons (Fsp3) is 0.333. The molecule has 0 amide bonds. The van der Waals surface area contributed by atoms with Gasteiger partial charge in [-0.2, -0.15) is 0 Å². The van der Waals surface area contributed by atoms with Crippen LogP contribution < -0.4 is 5.73 Å². The van der Waals surface area contributed by atoms with E-state index in [2.05, 4.69) is 44.0 Å². The van der Waals surface area contributed by atoms with E-state index in [1.807, 2.05) is 0 Å². The normalized spacial score (nSPS) is 10.8. The third-order valence-corrected chi connectivity index (χ3v) is 3.02. The van der Waals surface area contributed by atoms with Crippen molar-refractivity contribution in [3.05, 3.63) is 28.3 Å². The molecule has 2 N–H and O–H groups in total. The first-order chi connectivity index (χ1) is 7.50. The van der Waals surface area contributed by atoms with Gasteiger partial charge in [-0.05, 0) is 49.9 Å². The monoisotopic (exact) mass is 217 g/mol. The summed E-state index contributed by atoms with van der Waals surface area (Å²) in [5.74, 6) is 0.499. The third-order valence-electron chi connectivity index (χ3n) is 3.02. The molecule has 0 spiro atoms. The molecule has 16 heavy (non-hydrogen) atoms. The molecule has 0 saturated heterocycles. The Morgan fingerprint density at radius 3 is 2.00 bits per heavy atom. The Balaban J connectivity index is 2.73. The van der Waals surface area contributed by atoms with Crippen molar-refractivity contribution in [1.29, 1.82) is 0 Å². The highest BCUT2D eigenvalue weighted by Crippen LogP contribution is 2.30. The number of aryl methyl sites for hydroxylation is 2. The van der Waals surface area contributed by atoms with E-state index in [1.165, 1.54) is 11.1 Å². The van der Waals surface area contributed by atoms with Crippen molar-refractivity contribution in [3.8, 4) is 11.5 Å². The van der Waals surface area contributed by atoms with Gasteiger partial charge in [-0.25, -0.2) is 0 Å². The summed E-state index contributed by atoms with van der Waals surface area (Å²) < 4.78 is 5.30. The van der Waals surface area contributed by atoms with Crippen LogP contribution in [0.15, 0.2) is 10.5 Å². The molecule has 4 heteroatoms. The van der Waals surface area contributed by atoms with Gasteiger partial charge in [0.25, 0.3) is 0 Å². The van der Waals surface area contributed by atoms with E-state index in [4.69, 9.17) is 10.2 Å². The van der Waals surface area contributed by atoms with Crippen LogP contribution in [0.5, 0.6) is 0 Å². The minimum Gasteiger partial charge on any atom is -0.404 e. The molecule has 0 aliphatic rings. The van der Waals surface area contributed by atoms with Gasteiger partial charge in [0, 0.05) is 5.56 Å². The molecule has 0 unspecified atom stereocenters. The van der Waals surface area contributed by atoms with Crippen LogP contribution in [0.2, 0.25) is 0 Å². The number of hydrogen-bond donors (Lipinski definition) is 1. The zero-order valence-electron chi connectivity index (χ0n) is 9.96. The lowest BCUT2D eigenvalue weighted by atomic mass is 9.94. The van der Waals surface area contributed by atoms with Gasteiger partial charge in [0.1, 0.15) is 0 Å². The molecular weight excluding hydrogens is 202 g/mol. The molecule has 0 fully saturated rings. The maximum Gasteiger partial charge on any atom is 0.313 e. The zero-order chi connectivity index (χ0) is 11.9. The molecule has 0 atom stereocenters. The number of hydrogen-bond acceptors (Lipinski definition) is 4. The average Bonchev–Trinajstić information content (AvgIpc) is 2.62. The molecule has 84 valence electrons. The molecule has 4 nitrogen and oxygen atoms in total. The lowest BCUT2D eigenvalue weighted by Crippen LogP contribution is -1.95. The Bertz CT molecular complexity index is 517. The van der Waals surface area contributed by atoms with Crippen LogP contribution in [0.4, 0.5) is 6.01 Å². The second kappa shape index (κ2) is 3.63. The highest BCUT2D eigenvalue weighted by Gasteiger charge is 2.15. The van der Waals surface area contributed by atoms with E-state index in [0.717, 1.165) is 16.7 Å². The smallest absolute Gasteiger partial charge is 0.313 e. The van der Waals surface area contributed by atoms with Crippen molar-refractivity contribution >= 4 is 6.01 Å². The lowest BCUT2D eigenvalue weighted by molar-refractivity contribution is 0.589. The van der Waals surface area contributed by atoms with Crippen LogP contribution in [0.25, 0.3) is 11.5 Å². The predicted molar refractivity (Wildman–Crippen MR) is 63.1 cm³/mol. The van der Waals surface area contributed by atoms with E-state index in [9.17, 15) is 0 Å². The fourth-order valence-electron chi connectivity index (χ4n) is 1.87. The fourth-order valence-corrected chi connectivity index (χ4v) is 1.87. The van der Waals surface area contributed by atoms with Gasteiger partial charge in [0.05, 0.1) is 0 Å². The predicted octanol–water partition coefficient (Wildman–Crippen LogP) is 2.55. The number of rotatable bonds is 1. The van der Waals surface area contributed by atoms with Crippen LogP contribution in [0, 0.1) is 27.7 Å². The van der Waals surface area contributed by atoms with Crippen molar-refractivity contribution in [2.45, 2.75) is 27.7 Å². The van der Waals surface area contributed by atoms with E-state index in [0.29, 0.717) is 5.89 Å². The van der Waals surface area contributed by atoms with E-state index >= 15 is 0 Å². The molecule has 1 aromatic heterocycles.